The monoisotopic (exact) mass is 276 g/mol. The van der Waals surface area contributed by atoms with Crippen molar-refractivity contribution in [1.29, 1.82) is 0 Å². The van der Waals surface area contributed by atoms with Crippen LogP contribution in [0.4, 0.5) is 5.69 Å². The van der Waals surface area contributed by atoms with Gasteiger partial charge < -0.3 is 16.2 Å². The van der Waals surface area contributed by atoms with Crippen molar-refractivity contribution in [3.05, 3.63) is 27.7 Å². The Morgan fingerprint density at radius 2 is 2.18 bits per heavy atom. The van der Waals surface area contributed by atoms with Gasteiger partial charge in [-0.15, -0.1) is 0 Å². The Morgan fingerprint density at radius 1 is 1.53 bits per heavy atom. The molecule has 1 amide bonds. The van der Waals surface area contributed by atoms with Gasteiger partial charge in [-0.1, -0.05) is 23.2 Å². The number of nitrogens with one attached hydrogen (secondary N) is 1. The average molecular weight is 277 g/mol. The highest BCUT2D eigenvalue weighted by atomic mass is 35.5. The third kappa shape index (κ3) is 4.07. The van der Waals surface area contributed by atoms with Crippen molar-refractivity contribution in [3.63, 3.8) is 0 Å². The van der Waals surface area contributed by atoms with Crippen LogP contribution in [0.2, 0.25) is 10.0 Å². The molecule has 0 aliphatic carbocycles. The topological polar surface area (TPSA) is 75.3 Å². The molecule has 0 heterocycles. The van der Waals surface area contributed by atoms with E-state index in [0.29, 0.717) is 18.5 Å². The fraction of sp³-hybridized carbons (Fsp3) is 0.364. The molecule has 4 N–H and O–H groups in total. The Bertz CT molecular complexity index is 399. The quantitative estimate of drug-likeness (QED) is 0.737. The van der Waals surface area contributed by atoms with E-state index in [1.807, 2.05) is 0 Å². The van der Waals surface area contributed by atoms with Gasteiger partial charge in [0.1, 0.15) is 0 Å². The fourth-order valence-corrected chi connectivity index (χ4v) is 1.57. The summed E-state index contributed by atoms with van der Waals surface area (Å²) in [5.74, 6) is -0.295. The summed E-state index contributed by atoms with van der Waals surface area (Å²) in [4.78, 5) is 11.7. The van der Waals surface area contributed by atoms with Gasteiger partial charge in [0.2, 0.25) is 0 Å². The Hall–Kier alpha value is -0.970. The third-order valence-corrected chi connectivity index (χ3v) is 2.98. The number of nitrogens with two attached hydrogens (primary N) is 1. The summed E-state index contributed by atoms with van der Waals surface area (Å²) in [5, 5.41) is 12.2. The van der Waals surface area contributed by atoms with Gasteiger partial charge in [0.25, 0.3) is 5.91 Å². The molecule has 0 bridgehead atoms. The Labute approximate surface area is 110 Å². The molecule has 1 aromatic carbocycles. The molecular formula is C11H14Cl2N2O2. The number of aliphatic hydroxyl groups excluding tert-OH is 1. The van der Waals surface area contributed by atoms with Gasteiger partial charge in [-0.25, -0.2) is 0 Å². The van der Waals surface area contributed by atoms with Gasteiger partial charge in [0, 0.05) is 12.1 Å². The van der Waals surface area contributed by atoms with Crippen LogP contribution in [-0.4, -0.2) is 23.7 Å². The Kier molecular flexibility index (Phi) is 5.05. The lowest BCUT2D eigenvalue weighted by Crippen LogP contribution is -2.26. The number of nitrogen functional groups attached to an aromatic ring is 1. The lowest BCUT2D eigenvalue weighted by molar-refractivity contribution is 0.0945. The SMILES string of the molecule is CC(O)CCNC(=O)c1cc(N)c(Cl)c(Cl)c1. The van der Waals surface area contributed by atoms with Crippen LogP contribution in [0.15, 0.2) is 12.1 Å². The number of hydrogen-bond donors (Lipinski definition) is 3. The number of benzene rings is 1. The van der Waals surface area contributed by atoms with E-state index in [1.165, 1.54) is 12.1 Å². The molecule has 94 valence electrons. The van der Waals surface area contributed by atoms with E-state index in [0.717, 1.165) is 0 Å². The molecule has 0 saturated carbocycles. The van der Waals surface area contributed by atoms with Crippen LogP contribution >= 0.6 is 23.2 Å². The first kappa shape index (κ1) is 14.1. The van der Waals surface area contributed by atoms with Crippen molar-refractivity contribution >= 4 is 34.8 Å². The number of anilines is 1. The lowest BCUT2D eigenvalue weighted by Gasteiger charge is -2.08. The smallest absolute Gasteiger partial charge is 0.251 e. The maximum atomic E-state index is 11.7. The van der Waals surface area contributed by atoms with E-state index in [4.69, 9.17) is 34.0 Å². The summed E-state index contributed by atoms with van der Waals surface area (Å²) in [5.41, 5.74) is 6.21. The molecule has 1 atom stereocenters. The summed E-state index contributed by atoms with van der Waals surface area (Å²) >= 11 is 11.6. The summed E-state index contributed by atoms with van der Waals surface area (Å²) in [6, 6.07) is 2.92. The molecule has 0 spiro atoms. The number of aliphatic hydroxyl groups is 1. The normalized spacial score (nSPS) is 12.2. The second-order valence-corrected chi connectivity index (χ2v) is 4.54. The minimum absolute atomic E-state index is 0.243. The molecule has 4 nitrogen and oxygen atoms in total. The van der Waals surface area contributed by atoms with Crippen molar-refractivity contribution in [2.75, 3.05) is 12.3 Å². The van der Waals surface area contributed by atoms with Crippen LogP contribution in [-0.2, 0) is 0 Å². The van der Waals surface area contributed by atoms with E-state index in [9.17, 15) is 4.79 Å². The number of halogens is 2. The molecule has 0 aliphatic heterocycles. The molecule has 0 fully saturated rings. The van der Waals surface area contributed by atoms with E-state index < -0.39 is 6.10 Å². The predicted molar refractivity (Wildman–Crippen MR) is 69.5 cm³/mol. The minimum atomic E-state index is -0.450. The van der Waals surface area contributed by atoms with E-state index in [2.05, 4.69) is 5.32 Å². The second kappa shape index (κ2) is 6.10. The molecule has 0 saturated heterocycles. The minimum Gasteiger partial charge on any atom is -0.397 e. The van der Waals surface area contributed by atoms with Crippen molar-refractivity contribution in [3.8, 4) is 0 Å². The first-order valence-electron chi connectivity index (χ1n) is 5.12. The Morgan fingerprint density at radius 3 is 2.71 bits per heavy atom. The Balaban J connectivity index is 2.70. The molecule has 0 aliphatic rings. The van der Waals surface area contributed by atoms with Crippen LogP contribution in [0.5, 0.6) is 0 Å². The van der Waals surface area contributed by atoms with Crippen LogP contribution in [0.1, 0.15) is 23.7 Å². The molecule has 0 aromatic heterocycles. The van der Waals surface area contributed by atoms with Gasteiger partial charge in [-0.05, 0) is 25.5 Å². The number of hydrogen-bond acceptors (Lipinski definition) is 3. The van der Waals surface area contributed by atoms with Gasteiger partial charge >= 0.3 is 0 Å². The zero-order valence-corrected chi connectivity index (χ0v) is 10.8. The summed E-state index contributed by atoms with van der Waals surface area (Å²) in [6.07, 6.45) is 0.0388. The second-order valence-electron chi connectivity index (χ2n) is 3.75. The van der Waals surface area contributed by atoms with Crippen LogP contribution in [0, 0.1) is 0 Å². The van der Waals surface area contributed by atoms with E-state index in [-0.39, 0.29) is 21.6 Å². The standard InChI is InChI=1S/C11H14Cl2N2O2/c1-6(16)2-3-15-11(17)7-4-8(12)10(13)9(14)5-7/h4-6,16H,2-3,14H2,1H3,(H,15,17). The first-order chi connectivity index (χ1) is 7.91. The largest absolute Gasteiger partial charge is 0.397 e. The van der Waals surface area contributed by atoms with E-state index in [1.54, 1.807) is 6.92 Å². The van der Waals surface area contributed by atoms with Crippen molar-refractivity contribution in [1.82, 2.24) is 5.32 Å². The lowest BCUT2D eigenvalue weighted by atomic mass is 10.2. The van der Waals surface area contributed by atoms with Gasteiger partial charge in [-0.2, -0.15) is 0 Å². The molecule has 1 unspecified atom stereocenters. The molecule has 0 radical (unpaired) electrons. The number of carbonyl (C=O) groups is 1. The number of amides is 1. The van der Waals surface area contributed by atoms with Crippen molar-refractivity contribution < 1.29 is 9.90 Å². The first-order valence-corrected chi connectivity index (χ1v) is 5.88. The highest BCUT2D eigenvalue weighted by Crippen LogP contribution is 2.29. The zero-order valence-electron chi connectivity index (χ0n) is 9.34. The molecule has 1 rings (SSSR count). The highest BCUT2D eigenvalue weighted by Gasteiger charge is 2.11. The van der Waals surface area contributed by atoms with Crippen molar-refractivity contribution in [2.24, 2.45) is 0 Å². The maximum Gasteiger partial charge on any atom is 0.251 e. The highest BCUT2D eigenvalue weighted by molar-refractivity contribution is 6.43. The predicted octanol–water partition coefficient (Wildman–Crippen LogP) is 2.08. The maximum absolute atomic E-state index is 11.7. The van der Waals surface area contributed by atoms with Crippen LogP contribution < -0.4 is 11.1 Å². The van der Waals surface area contributed by atoms with Gasteiger partial charge in [0.05, 0.1) is 21.8 Å². The van der Waals surface area contributed by atoms with E-state index >= 15 is 0 Å². The van der Waals surface area contributed by atoms with Gasteiger partial charge in [-0.3, -0.25) is 4.79 Å². The molecular weight excluding hydrogens is 263 g/mol. The van der Waals surface area contributed by atoms with Crippen molar-refractivity contribution in [2.45, 2.75) is 19.4 Å². The zero-order chi connectivity index (χ0) is 13.0. The molecule has 1 aromatic rings. The summed E-state index contributed by atoms with van der Waals surface area (Å²) in [7, 11) is 0. The fourth-order valence-electron chi connectivity index (χ4n) is 1.24. The molecule has 6 heteroatoms. The summed E-state index contributed by atoms with van der Waals surface area (Å²) in [6.45, 7) is 2.04. The third-order valence-electron chi connectivity index (χ3n) is 2.17. The number of rotatable bonds is 4. The van der Waals surface area contributed by atoms with Gasteiger partial charge in [0.15, 0.2) is 0 Å². The summed E-state index contributed by atoms with van der Waals surface area (Å²) < 4.78 is 0. The van der Waals surface area contributed by atoms with Crippen LogP contribution in [0.25, 0.3) is 0 Å². The average Bonchev–Trinajstić information content (AvgIpc) is 2.24. The molecule has 17 heavy (non-hydrogen) atoms. The number of carbonyl (C=O) groups excluding carboxylic acids is 1. The van der Waals surface area contributed by atoms with Crippen LogP contribution in [0.3, 0.4) is 0 Å².